The number of benzene rings is 6. The molecule has 0 N–H and O–H groups in total. The molecule has 0 saturated heterocycles. The number of imidazole rings is 2. The van der Waals surface area contributed by atoms with Crippen LogP contribution < -0.4 is 17.6 Å². The van der Waals surface area contributed by atoms with Gasteiger partial charge in [-0.3, -0.25) is 0 Å². The molecule has 194 valence electrons. The predicted molar refractivity (Wildman–Crippen MR) is 173 cm³/mol. The van der Waals surface area contributed by atoms with E-state index in [1.165, 1.54) is 17.6 Å². The first-order valence-corrected chi connectivity index (χ1v) is 18.2. The van der Waals surface area contributed by atoms with Crippen LogP contribution in [0, 0.1) is 0 Å². The molecular weight excluding hydrogens is 559 g/mol. The third kappa shape index (κ3) is 3.63. The van der Waals surface area contributed by atoms with Gasteiger partial charge in [0.05, 0.1) is 0 Å². The SMILES string of the molecule is c1cc[c]([Ge]([c]2ccccc2)([c]2ccccc2)[c]2cccc(-n3c4ccccc4n4c5ccccc5nc34)c2)cc1. The summed E-state index contributed by atoms with van der Waals surface area (Å²) in [5.74, 6) is 0.932. The molecule has 41 heavy (non-hydrogen) atoms. The van der Waals surface area contributed by atoms with Crippen molar-refractivity contribution in [2.45, 2.75) is 0 Å². The second-order valence-electron chi connectivity index (χ2n) is 10.5. The van der Waals surface area contributed by atoms with E-state index in [0.717, 1.165) is 33.5 Å². The first kappa shape index (κ1) is 24.0. The third-order valence-corrected chi connectivity index (χ3v) is 18.3. The molecule has 0 spiro atoms. The van der Waals surface area contributed by atoms with Crippen molar-refractivity contribution in [1.29, 1.82) is 0 Å². The van der Waals surface area contributed by atoms with Crippen LogP contribution in [-0.2, 0) is 0 Å². The number of hydrogen-bond donors (Lipinski definition) is 0. The van der Waals surface area contributed by atoms with Crippen LogP contribution in [-0.4, -0.2) is 27.2 Å². The molecule has 2 aromatic heterocycles. The third-order valence-electron chi connectivity index (χ3n) is 8.26. The second kappa shape index (κ2) is 9.65. The number of rotatable bonds is 5. The molecule has 4 heteroatoms. The Kier molecular flexibility index (Phi) is 5.64. The summed E-state index contributed by atoms with van der Waals surface area (Å²) in [7, 11) is 0. The molecule has 0 aliphatic carbocycles. The van der Waals surface area contributed by atoms with Gasteiger partial charge in [-0.05, 0) is 0 Å². The molecule has 6 aromatic carbocycles. The summed E-state index contributed by atoms with van der Waals surface area (Å²) < 4.78 is 10.2. The molecule has 0 bridgehead atoms. The van der Waals surface area contributed by atoms with Crippen LogP contribution in [0.4, 0.5) is 0 Å². The summed E-state index contributed by atoms with van der Waals surface area (Å²) in [6.45, 7) is 0. The standard InChI is InChI=1S/C37H27GeN3/c1-4-15-28(16-5-1)38(29-17-6-2-7-18-29,30-19-8-3-9-20-30)31-21-14-22-32(27-31)40-35-25-12-13-26-36(35)41-34-24-11-10-23-33(34)39-37(40)41/h1-27H. The maximum atomic E-state index is 5.14. The van der Waals surface area contributed by atoms with E-state index in [2.05, 4.69) is 173 Å². The molecule has 8 aromatic rings. The molecule has 0 atom stereocenters. The molecular formula is C37H27GeN3. The Hall–Kier alpha value is -4.87. The fourth-order valence-corrected chi connectivity index (χ4v) is 16.6. The molecule has 0 saturated carbocycles. The average Bonchev–Trinajstić information content (AvgIpc) is 3.58. The Morgan fingerprint density at radius 2 is 0.902 bits per heavy atom. The van der Waals surface area contributed by atoms with E-state index in [4.69, 9.17) is 4.98 Å². The van der Waals surface area contributed by atoms with Crippen LogP contribution in [0.3, 0.4) is 0 Å². The van der Waals surface area contributed by atoms with Crippen molar-refractivity contribution in [3.05, 3.63) is 164 Å². The minimum atomic E-state index is -3.40. The summed E-state index contributed by atoms with van der Waals surface area (Å²) >= 11 is -3.40. The van der Waals surface area contributed by atoms with Crippen LogP contribution in [0.1, 0.15) is 0 Å². The zero-order chi connectivity index (χ0) is 27.2. The van der Waals surface area contributed by atoms with Crippen LogP contribution in [0.5, 0.6) is 0 Å². The number of nitrogens with zero attached hydrogens (tertiary/aromatic N) is 3. The fraction of sp³-hybridized carbons (Fsp3) is 0. The van der Waals surface area contributed by atoms with Crippen molar-refractivity contribution in [3.8, 4) is 5.69 Å². The van der Waals surface area contributed by atoms with E-state index in [0.29, 0.717) is 0 Å². The predicted octanol–water partition coefficient (Wildman–Crippen LogP) is 5.81. The van der Waals surface area contributed by atoms with Gasteiger partial charge in [-0.25, -0.2) is 0 Å². The minimum absolute atomic E-state index is 0.932. The zero-order valence-electron chi connectivity index (χ0n) is 22.4. The van der Waals surface area contributed by atoms with Gasteiger partial charge in [0.25, 0.3) is 0 Å². The van der Waals surface area contributed by atoms with Crippen LogP contribution >= 0.6 is 0 Å². The average molecular weight is 586 g/mol. The van der Waals surface area contributed by atoms with Crippen LogP contribution in [0.15, 0.2) is 164 Å². The first-order chi connectivity index (χ1) is 20.4. The van der Waals surface area contributed by atoms with Gasteiger partial charge < -0.3 is 0 Å². The van der Waals surface area contributed by atoms with Gasteiger partial charge in [-0.1, -0.05) is 0 Å². The van der Waals surface area contributed by atoms with Gasteiger partial charge in [-0.2, -0.15) is 0 Å². The van der Waals surface area contributed by atoms with E-state index in [-0.39, 0.29) is 0 Å². The number of fused-ring (bicyclic) bond motifs is 5. The van der Waals surface area contributed by atoms with Crippen molar-refractivity contribution >= 4 is 58.7 Å². The first-order valence-electron chi connectivity index (χ1n) is 14.0. The van der Waals surface area contributed by atoms with E-state index in [1.54, 1.807) is 0 Å². The van der Waals surface area contributed by atoms with Crippen LogP contribution in [0.25, 0.3) is 33.5 Å². The normalized spacial score (nSPS) is 11.9. The zero-order valence-corrected chi connectivity index (χ0v) is 24.5. The quantitative estimate of drug-likeness (QED) is 0.234. The van der Waals surface area contributed by atoms with Gasteiger partial charge in [0.1, 0.15) is 0 Å². The molecule has 0 aliphatic heterocycles. The number of para-hydroxylation sites is 4. The van der Waals surface area contributed by atoms with Crippen molar-refractivity contribution in [3.63, 3.8) is 0 Å². The summed E-state index contributed by atoms with van der Waals surface area (Å²) in [6, 6.07) is 59.7. The van der Waals surface area contributed by atoms with Crippen LogP contribution in [0.2, 0.25) is 0 Å². The molecule has 8 rings (SSSR count). The molecule has 0 fully saturated rings. The number of aromatic nitrogens is 3. The Labute approximate surface area is 241 Å². The fourth-order valence-electron chi connectivity index (χ4n) is 6.55. The van der Waals surface area contributed by atoms with Crippen molar-refractivity contribution in [2.24, 2.45) is 0 Å². The maximum absolute atomic E-state index is 5.14. The number of hydrogen-bond acceptors (Lipinski definition) is 1. The van der Waals surface area contributed by atoms with E-state index < -0.39 is 13.3 Å². The summed E-state index contributed by atoms with van der Waals surface area (Å²) in [6.07, 6.45) is 0. The van der Waals surface area contributed by atoms with Gasteiger partial charge in [0, 0.05) is 0 Å². The molecule has 2 heterocycles. The Morgan fingerprint density at radius 3 is 1.51 bits per heavy atom. The Balaban J connectivity index is 1.47. The van der Waals surface area contributed by atoms with E-state index >= 15 is 0 Å². The van der Waals surface area contributed by atoms with E-state index in [9.17, 15) is 0 Å². The summed E-state index contributed by atoms with van der Waals surface area (Å²) in [4.78, 5) is 5.14. The van der Waals surface area contributed by atoms with Gasteiger partial charge in [-0.15, -0.1) is 0 Å². The van der Waals surface area contributed by atoms with Gasteiger partial charge in [0.15, 0.2) is 0 Å². The van der Waals surface area contributed by atoms with Crippen molar-refractivity contribution in [2.75, 3.05) is 0 Å². The topological polar surface area (TPSA) is 22.2 Å². The van der Waals surface area contributed by atoms with Gasteiger partial charge >= 0.3 is 242 Å². The summed E-state index contributed by atoms with van der Waals surface area (Å²) in [5.41, 5.74) is 5.56. The molecule has 0 amide bonds. The van der Waals surface area contributed by atoms with Crippen molar-refractivity contribution < 1.29 is 0 Å². The molecule has 0 radical (unpaired) electrons. The van der Waals surface area contributed by atoms with Gasteiger partial charge in [0.2, 0.25) is 0 Å². The second-order valence-corrected chi connectivity index (χ2v) is 18.5. The molecule has 3 nitrogen and oxygen atoms in total. The molecule has 0 aliphatic rings. The Bertz CT molecular complexity index is 2050. The summed E-state index contributed by atoms with van der Waals surface area (Å²) in [5, 5.41) is 0. The Morgan fingerprint density at radius 1 is 0.415 bits per heavy atom. The molecule has 0 unspecified atom stereocenters. The van der Waals surface area contributed by atoms with Crippen molar-refractivity contribution in [1.82, 2.24) is 14.0 Å². The monoisotopic (exact) mass is 587 g/mol. The van der Waals surface area contributed by atoms with E-state index in [1.807, 2.05) is 0 Å².